The van der Waals surface area contributed by atoms with E-state index in [0.717, 1.165) is 50.9 Å². The summed E-state index contributed by atoms with van der Waals surface area (Å²) in [6, 6.07) is 7.01. The molecule has 12 heteroatoms. The van der Waals surface area contributed by atoms with Crippen molar-refractivity contribution in [1.29, 1.82) is 0 Å². The van der Waals surface area contributed by atoms with Crippen LogP contribution in [-0.4, -0.2) is 90.0 Å². The Balaban J connectivity index is 1.31. The molecule has 3 heterocycles. The minimum Gasteiger partial charge on any atom is -0.337 e. The number of aromatic nitrogens is 2. The van der Waals surface area contributed by atoms with Gasteiger partial charge in [-0.05, 0) is 56.5 Å². The number of piperidine rings is 2. The standard InChI is InChI=1S/C25H32F3N5O3S/c1-31(37(2,35)36)21-6-10-32(11-7-21)22-8-12-33(13-9-22)24(34)23-16-20(29-17-30-23)15-18-4-3-5-19(14-18)25(26,27)28/h3-5,14,16-17,21-22H,6-13,15H2,1-2H3. The van der Waals surface area contributed by atoms with Crippen molar-refractivity contribution in [3.63, 3.8) is 0 Å². The highest BCUT2D eigenvalue weighted by molar-refractivity contribution is 7.88. The zero-order chi connectivity index (χ0) is 26.8. The van der Waals surface area contributed by atoms with Gasteiger partial charge in [0.1, 0.15) is 12.0 Å². The number of hydrogen-bond acceptors (Lipinski definition) is 6. The summed E-state index contributed by atoms with van der Waals surface area (Å²) in [6.07, 6.45) is 1.48. The van der Waals surface area contributed by atoms with Crippen molar-refractivity contribution < 1.29 is 26.4 Å². The molecular weight excluding hydrogens is 507 g/mol. The second kappa shape index (κ2) is 11.0. The number of carbonyl (C=O) groups excluding carboxylic acids is 1. The maximum Gasteiger partial charge on any atom is 0.416 e. The van der Waals surface area contributed by atoms with Crippen LogP contribution < -0.4 is 0 Å². The lowest BCUT2D eigenvalue weighted by molar-refractivity contribution is -0.137. The van der Waals surface area contributed by atoms with Crippen molar-refractivity contribution in [3.8, 4) is 0 Å². The first-order valence-electron chi connectivity index (χ1n) is 12.3. The van der Waals surface area contributed by atoms with Gasteiger partial charge in [0.05, 0.1) is 11.8 Å². The number of nitrogens with zero attached hydrogens (tertiary/aromatic N) is 5. The van der Waals surface area contributed by atoms with Gasteiger partial charge in [-0.25, -0.2) is 22.7 Å². The van der Waals surface area contributed by atoms with Crippen LogP contribution in [0.2, 0.25) is 0 Å². The summed E-state index contributed by atoms with van der Waals surface area (Å²) < 4.78 is 64.2. The molecule has 1 amide bonds. The van der Waals surface area contributed by atoms with Crippen LogP contribution in [0.5, 0.6) is 0 Å². The van der Waals surface area contributed by atoms with E-state index in [0.29, 0.717) is 30.4 Å². The van der Waals surface area contributed by atoms with Gasteiger partial charge in [-0.2, -0.15) is 13.2 Å². The average Bonchev–Trinajstić information content (AvgIpc) is 2.87. The van der Waals surface area contributed by atoms with Crippen LogP contribution in [0, 0.1) is 0 Å². The summed E-state index contributed by atoms with van der Waals surface area (Å²) in [5.74, 6) is -0.209. The Morgan fingerprint density at radius 1 is 1.05 bits per heavy atom. The molecule has 37 heavy (non-hydrogen) atoms. The molecule has 0 atom stereocenters. The molecule has 2 aromatic rings. The van der Waals surface area contributed by atoms with Crippen molar-refractivity contribution in [2.45, 2.75) is 50.4 Å². The fourth-order valence-corrected chi connectivity index (χ4v) is 5.91. The Labute approximate surface area is 215 Å². The third kappa shape index (κ3) is 6.85. The van der Waals surface area contributed by atoms with Crippen molar-refractivity contribution in [2.24, 2.45) is 0 Å². The average molecular weight is 540 g/mol. The summed E-state index contributed by atoms with van der Waals surface area (Å²) in [7, 11) is -1.56. The number of sulfonamides is 1. The van der Waals surface area contributed by atoms with Crippen LogP contribution in [0.15, 0.2) is 36.7 Å². The number of carbonyl (C=O) groups is 1. The second-order valence-electron chi connectivity index (χ2n) is 9.84. The number of likely N-dealkylation sites (tertiary alicyclic amines) is 2. The van der Waals surface area contributed by atoms with E-state index in [1.54, 1.807) is 24.1 Å². The number of halogens is 3. The highest BCUT2D eigenvalue weighted by Gasteiger charge is 2.33. The van der Waals surface area contributed by atoms with E-state index in [-0.39, 0.29) is 24.1 Å². The van der Waals surface area contributed by atoms with Gasteiger partial charge >= 0.3 is 6.18 Å². The lowest BCUT2D eigenvalue weighted by Gasteiger charge is -2.42. The van der Waals surface area contributed by atoms with Gasteiger partial charge in [-0.3, -0.25) is 4.79 Å². The maximum atomic E-state index is 13.1. The molecule has 0 radical (unpaired) electrons. The van der Waals surface area contributed by atoms with Gasteiger partial charge in [-0.15, -0.1) is 0 Å². The molecule has 2 aliphatic rings. The van der Waals surface area contributed by atoms with Gasteiger partial charge in [0.25, 0.3) is 5.91 Å². The van der Waals surface area contributed by atoms with E-state index in [9.17, 15) is 26.4 Å². The molecule has 0 spiro atoms. The Morgan fingerprint density at radius 3 is 2.35 bits per heavy atom. The quantitative estimate of drug-likeness (QED) is 0.561. The number of benzene rings is 1. The number of rotatable bonds is 6. The minimum atomic E-state index is -4.42. The molecule has 1 aromatic heterocycles. The van der Waals surface area contributed by atoms with Crippen molar-refractivity contribution in [3.05, 3.63) is 59.2 Å². The van der Waals surface area contributed by atoms with Crippen LogP contribution in [-0.2, 0) is 22.6 Å². The van der Waals surface area contributed by atoms with Gasteiger partial charge in [0, 0.05) is 44.3 Å². The third-order valence-electron chi connectivity index (χ3n) is 7.39. The first-order chi connectivity index (χ1) is 17.4. The molecule has 4 rings (SSSR count). The number of amides is 1. The SMILES string of the molecule is CN(C1CCN(C2CCN(C(=O)c3cc(Cc4cccc(C(F)(F)F)c4)ncn3)CC2)CC1)S(C)(=O)=O. The summed E-state index contributed by atoms with van der Waals surface area (Å²) in [4.78, 5) is 25.5. The molecule has 1 aromatic carbocycles. The normalized spacial score (nSPS) is 18.9. The van der Waals surface area contributed by atoms with Crippen LogP contribution in [0.4, 0.5) is 13.2 Å². The molecule has 202 valence electrons. The fraction of sp³-hybridized carbons (Fsp3) is 0.560. The highest BCUT2D eigenvalue weighted by atomic mass is 32.2. The number of hydrogen-bond donors (Lipinski definition) is 0. The zero-order valence-corrected chi connectivity index (χ0v) is 21.8. The minimum absolute atomic E-state index is 0.0239. The molecule has 2 aliphatic heterocycles. The largest absolute Gasteiger partial charge is 0.416 e. The van der Waals surface area contributed by atoms with Crippen LogP contribution in [0.25, 0.3) is 0 Å². The van der Waals surface area contributed by atoms with Gasteiger partial charge in [0.15, 0.2) is 0 Å². The lowest BCUT2D eigenvalue weighted by atomic mass is 9.97. The van der Waals surface area contributed by atoms with E-state index in [4.69, 9.17) is 0 Å². The zero-order valence-electron chi connectivity index (χ0n) is 21.0. The lowest BCUT2D eigenvalue weighted by Crippen LogP contribution is -2.52. The molecule has 0 bridgehead atoms. The molecule has 2 saturated heterocycles. The van der Waals surface area contributed by atoms with Crippen molar-refractivity contribution >= 4 is 15.9 Å². The molecule has 0 unspecified atom stereocenters. The van der Waals surface area contributed by atoms with E-state index >= 15 is 0 Å². The summed E-state index contributed by atoms with van der Waals surface area (Å²) in [5.41, 5.74) is 0.457. The number of alkyl halides is 3. The maximum absolute atomic E-state index is 13.1. The Morgan fingerprint density at radius 2 is 1.73 bits per heavy atom. The Bertz CT molecular complexity index is 1210. The van der Waals surface area contributed by atoms with Gasteiger partial charge < -0.3 is 9.80 Å². The Kier molecular flexibility index (Phi) is 8.20. The van der Waals surface area contributed by atoms with Crippen LogP contribution in [0.3, 0.4) is 0 Å². The molecule has 0 saturated carbocycles. The molecular formula is C25H32F3N5O3S. The molecule has 0 N–H and O–H groups in total. The van der Waals surface area contributed by atoms with Crippen molar-refractivity contribution in [1.82, 2.24) is 24.1 Å². The summed E-state index contributed by atoms with van der Waals surface area (Å²) in [5, 5.41) is 0. The van der Waals surface area contributed by atoms with Crippen LogP contribution in [0.1, 0.15) is 53.0 Å². The second-order valence-corrected chi connectivity index (χ2v) is 11.9. The smallest absolute Gasteiger partial charge is 0.337 e. The van der Waals surface area contributed by atoms with Gasteiger partial charge in [0.2, 0.25) is 10.0 Å². The van der Waals surface area contributed by atoms with Crippen molar-refractivity contribution in [2.75, 3.05) is 39.5 Å². The predicted molar refractivity (Wildman–Crippen MR) is 132 cm³/mol. The van der Waals surface area contributed by atoms with E-state index in [1.165, 1.54) is 23.0 Å². The monoisotopic (exact) mass is 539 g/mol. The van der Waals surface area contributed by atoms with E-state index < -0.39 is 21.8 Å². The highest BCUT2D eigenvalue weighted by Crippen LogP contribution is 2.30. The third-order valence-corrected chi connectivity index (χ3v) is 8.73. The molecule has 2 fully saturated rings. The fourth-order valence-electron chi connectivity index (χ4n) is 5.16. The van der Waals surface area contributed by atoms with E-state index in [2.05, 4.69) is 14.9 Å². The first kappa shape index (κ1) is 27.5. The summed E-state index contributed by atoms with van der Waals surface area (Å²) >= 11 is 0. The first-order valence-corrected chi connectivity index (χ1v) is 14.2. The van der Waals surface area contributed by atoms with Crippen LogP contribution >= 0.6 is 0 Å². The predicted octanol–water partition coefficient (Wildman–Crippen LogP) is 3.05. The molecule has 8 nitrogen and oxygen atoms in total. The summed E-state index contributed by atoms with van der Waals surface area (Å²) in [6.45, 7) is 2.82. The van der Waals surface area contributed by atoms with E-state index in [1.807, 2.05) is 0 Å². The Hall–Kier alpha value is -2.57. The topological polar surface area (TPSA) is 86.7 Å². The molecule has 0 aliphatic carbocycles. The van der Waals surface area contributed by atoms with Gasteiger partial charge in [-0.1, -0.05) is 18.2 Å².